The molecule has 1 aromatic heterocycles. The molecular weight excluding hydrogens is 435 g/mol. The molecule has 1 saturated heterocycles. The Hall–Kier alpha value is -3.52. The van der Waals surface area contributed by atoms with Crippen LogP contribution in [-0.4, -0.2) is 53.6 Å². The Balaban J connectivity index is 1.13. The Labute approximate surface area is 197 Å². The molecule has 2 aliphatic heterocycles. The topological polar surface area (TPSA) is 67.8 Å². The highest BCUT2D eigenvalue weighted by Crippen LogP contribution is 2.34. The summed E-state index contributed by atoms with van der Waals surface area (Å²) >= 11 is 0. The molecule has 3 aliphatic rings. The first-order valence-corrected chi connectivity index (χ1v) is 11.6. The second kappa shape index (κ2) is 8.68. The second-order valence-electron chi connectivity index (χ2n) is 9.03. The minimum atomic E-state index is -0.267. The van der Waals surface area contributed by atoms with Gasteiger partial charge in [0.15, 0.2) is 17.3 Å². The van der Waals surface area contributed by atoms with Gasteiger partial charge in [0.25, 0.3) is 0 Å². The first kappa shape index (κ1) is 21.0. The third-order valence-corrected chi connectivity index (χ3v) is 6.87. The van der Waals surface area contributed by atoms with E-state index in [9.17, 15) is 9.18 Å². The molecule has 0 saturated carbocycles. The number of halogens is 1. The highest BCUT2D eigenvalue weighted by Gasteiger charge is 2.30. The van der Waals surface area contributed by atoms with Gasteiger partial charge in [0.05, 0.1) is 11.3 Å². The Morgan fingerprint density at radius 2 is 1.82 bits per heavy atom. The summed E-state index contributed by atoms with van der Waals surface area (Å²) in [4.78, 5) is 26.5. The lowest BCUT2D eigenvalue weighted by Gasteiger charge is -2.35. The number of rotatable bonds is 4. The highest BCUT2D eigenvalue weighted by molar-refractivity contribution is 5.98. The Morgan fingerprint density at radius 3 is 2.68 bits per heavy atom. The number of aromatic nitrogens is 2. The minimum Gasteiger partial charge on any atom is -0.454 e. The molecule has 3 aromatic rings. The van der Waals surface area contributed by atoms with Crippen LogP contribution in [0.25, 0.3) is 0 Å². The SMILES string of the molecule is O=C1C[C@H](c2ccccc2F)Cc2nc(N3CCN(Cc4ccc5c(c4)OCO5)CC3)ncc21. The van der Waals surface area contributed by atoms with Gasteiger partial charge in [0.1, 0.15) is 5.82 Å². The van der Waals surface area contributed by atoms with Crippen molar-refractivity contribution in [2.75, 3.05) is 37.9 Å². The third-order valence-electron chi connectivity index (χ3n) is 6.87. The van der Waals surface area contributed by atoms with Gasteiger partial charge in [-0.1, -0.05) is 24.3 Å². The number of ketones is 1. The fraction of sp³-hybridized carbons (Fsp3) is 0.346. The van der Waals surface area contributed by atoms with Crippen LogP contribution in [0, 0.1) is 5.82 Å². The number of carbonyl (C=O) groups excluding carboxylic acids is 1. The van der Waals surface area contributed by atoms with Crippen LogP contribution in [0.15, 0.2) is 48.7 Å². The maximum atomic E-state index is 14.3. The van der Waals surface area contributed by atoms with Crippen molar-refractivity contribution < 1.29 is 18.7 Å². The lowest BCUT2D eigenvalue weighted by Crippen LogP contribution is -2.46. The van der Waals surface area contributed by atoms with Crippen molar-refractivity contribution in [3.05, 3.63) is 76.9 Å². The lowest BCUT2D eigenvalue weighted by molar-refractivity contribution is 0.0962. The predicted octanol–water partition coefficient (Wildman–Crippen LogP) is 3.58. The molecule has 0 amide bonds. The Bertz CT molecular complexity index is 1240. The van der Waals surface area contributed by atoms with Crippen molar-refractivity contribution in [2.45, 2.75) is 25.3 Å². The molecule has 174 valence electrons. The molecule has 1 atom stereocenters. The van der Waals surface area contributed by atoms with E-state index in [4.69, 9.17) is 14.5 Å². The molecule has 6 rings (SSSR count). The van der Waals surface area contributed by atoms with E-state index in [-0.39, 0.29) is 30.7 Å². The number of hydrogen-bond donors (Lipinski definition) is 0. The number of carbonyl (C=O) groups is 1. The number of Topliss-reactive ketones (excluding diaryl/α,β-unsaturated/α-hetero) is 1. The first-order chi connectivity index (χ1) is 16.6. The van der Waals surface area contributed by atoms with Gasteiger partial charge in [-0.2, -0.15) is 0 Å². The monoisotopic (exact) mass is 460 g/mol. The number of hydrogen-bond acceptors (Lipinski definition) is 7. The molecule has 7 nitrogen and oxygen atoms in total. The molecule has 1 aliphatic carbocycles. The Morgan fingerprint density at radius 1 is 1.00 bits per heavy atom. The van der Waals surface area contributed by atoms with Gasteiger partial charge in [0, 0.05) is 45.3 Å². The normalized spacial score (nSPS) is 19.9. The molecule has 0 unspecified atom stereocenters. The molecule has 34 heavy (non-hydrogen) atoms. The predicted molar refractivity (Wildman–Crippen MR) is 124 cm³/mol. The fourth-order valence-electron chi connectivity index (χ4n) is 5.02. The molecule has 0 spiro atoms. The number of anilines is 1. The highest BCUT2D eigenvalue weighted by atomic mass is 19.1. The average Bonchev–Trinajstić information content (AvgIpc) is 3.32. The van der Waals surface area contributed by atoms with Crippen molar-refractivity contribution in [3.63, 3.8) is 0 Å². The number of fused-ring (bicyclic) bond motifs is 2. The minimum absolute atomic E-state index is 0.0189. The van der Waals surface area contributed by atoms with Crippen LogP contribution in [-0.2, 0) is 13.0 Å². The standard InChI is InChI=1S/C26H25FN4O3/c27-21-4-2-1-3-19(21)18-12-22-20(23(32)13-18)14-28-26(29-22)31-9-7-30(8-10-31)15-17-5-6-24-25(11-17)34-16-33-24/h1-6,11,14,18H,7-10,12-13,15-16H2/t18-/m1/s1. The zero-order valence-electron chi connectivity index (χ0n) is 18.7. The number of nitrogens with zero attached hydrogens (tertiary/aromatic N) is 4. The molecule has 0 N–H and O–H groups in total. The maximum absolute atomic E-state index is 14.3. The fourth-order valence-corrected chi connectivity index (χ4v) is 5.02. The van der Waals surface area contributed by atoms with E-state index in [1.807, 2.05) is 18.2 Å². The van der Waals surface area contributed by atoms with E-state index in [0.29, 0.717) is 23.5 Å². The largest absolute Gasteiger partial charge is 0.454 e. The van der Waals surface area contributed by atoms with Gasteiger partial charge in [-0.3, -0.25) is 9.69 Å². The lowest BCUT2D eigenvalue weighted by atomic mass is 9.82. The van der Waals surface area contributed by atoms with Crippen LogP contribution in [0.4, 0.5) is 10.3 Å². The first-order valence-electron chi connectivity index (χ1n) is 11.6. The zero-order valence-corrected chi connectivity index (χ0v) is 18.7. The summed E-state index contributed by atoms with van der Waals surface area (Å²) in [6.45, 7) is 4.48. The summed E-state index contributed by atoms with van der Waals surface area (Å²) in [5, 5.41) is 0. The zero-order chi connectivity index (χ0) is 23.1. The molecule has 0 radical (unpaired) electrons. The van der Waals surface area contributed by atoms with Crippen LogP contribution in [0.1, 0.15) is 39.5 Å². The van der Waals surface area contributed by atoms with Gasteiger partial charge in [0.2, 0.25) is 12.7 Å². The summed E-state index contributed by atoms with van der Waals surface area (Å²) in [6, 6.07) is 12.8. The van der Waals surface area contributed by atoms with Crippen LogP contribution in [0.3, 0.4) is 0 Å². The molecule has 2 aromatic carbocycles. The maximum Gasteiger partial charge on any atom is 0.231 e. The number of ether oxygens (including phenoxy) is 2. The summed E-state index contributed by atoms with van der Waals surface area (Å²) in [7, 11) is 0. The van der Waals surface area contributed by atoms with Crippen molar-refractivity contribution >= 4 is 11.7 Å². The summed E-state index contributed by atoms with van der Waals surface area (Å²) in [5.74, 6) is 1.77. The summed E-state index contributed by atoms with van der Waals surface area (Å²) < 4.78 is 25.2. The van der Waals surface area contributed by atoms with Gasteiger partial charge in [-0.15, -0.1) is 0 Å². The van der Waals surface area contributed by atoms with Crippen LogP contribution < -0.4 is 14.4 Å². The van der Waals surface area contributed by atoms with E-state index in [1.54, 1.807) is 18.3 Å². The molecule has 3 heterocycles. The third kappa shape index (κ3) is 3.98. The molecular formula is C26H25FN4O3. The quantitative estimate of drug-likeness (QED) is 0.590. The van der Waals surface area contributed by atoms with Crippen molar-refractivity contribution in [3.8, 4) is 11.5 Å². The average molecular weight is 461 g/mol. The number of benzene rings is 2. The van der Waals surface area contributed by atoms with E-state index in [2.05, 4.69) is 20.9 Å². The van der Waals surface area contributed by atoms with Crippen LogP contribution in [0.2, 0.25) is 0 Å². The van der Waals surface area contributed by atoms with Crippen molar-refractivity contribution in [2.24, 2.45) is 0 Å². The van der Waals surface area contributed by atoms with Crippen LogP contribution >= 0.6 is 0 Å². The molecule has 8 heteroatoms. The van der Waals surface area contributed by atoms with E-state index in [1.165, 1.54) is 11.6 Å². The van der Waals surface area contributed by atoms with Crippen LogP contribution in [0.5, 0.6) is 11.5 Å². The van der Waals surface area contributed by atoms with E-state index < -0.39 is 0 Å². The Kier molecular flexibility index (Phi) is 5.37. The molecule has 1 fully saturated rings. The van der Waals surface area contributed by atoms with Gasteiger partial charge < -0.3 is 14.4 Å². The second-order valence-corrected chi connectivity index (χ2v) is 9.03. The summed E-state index contributed by atoms with van der Waals surface area (Å²) in [5.41, 5.74) is 3.06. The van der Waals surface area contributed by atoms with Gasteiger partial charge in [-0.05, 0) is 41.7 Å². The molecule has 0 bridgehead atoms. The summed E-state index contributed by atoms with van der Waals surface area (Å²) in [6.07, 6.45) is 2.48. The van der Waals surface area contributed by atoms with E-state index in [0.717, 1.165) is 49.9 Å². The van der Waals surface area contributed by atoms with Gasteiger partial charge >= 0.3 is 0 Å². The van der Waals surface area contributed by atoms with E-state index >= 15 is 0 Å². The number of piperazine rings is 1. The van der Waals surface area contributed by atoms with Crippen molar-refractivity contribution in [1.82, 2.24) is 14.9 Å². The van der Waals surface area contributed by atoms with Gasteiger partial charge in [-0.25, -0.2) is 14.4 Å². The van der Waals surface area contributed by atoms with Crippen molar-refractivity contribution in [1.29, 1.82) is 0 Å². The smallest absolute Gasteiger partial charge is 0.231 e.